The van der Waals surface area contributed by atoms with Crippen LogP contribution in [-0.2, 0) is 29.8 Å². The highest BCUT2D eigenvalue weighted by molar-refractivity contribution is 7.97. The van der Waals surface area contributed by atoms with E-state index in [1.54, 1.807) is 0 Å². The molecule has 4 rings (SSSR count). The predicted molar refractivity (Wildman–Crippen MR) is 126 cm³/mol. The fourth-order valence-electron chi connectivity index (χ4n) is 3.15. The zero-order chi connectivity index (χ0) is 25.5. The van der Waals surface area contributed by atoms with Gasteiger partial charge in [0.1, 0.15) is 0 Å². The minimum Gasteiger partial charge on any atom is -0.326 e. The Balaban J connectivity index is 0.000000214. The molecule has 2 N–H and O–H groups in total. The molecule has 1 nitrogen and oxygen atoms in total. The van der Waals surface area contributed by atoms with E-state index in [-0.39, 0.29) is 17.0 Å². The third-order valence-corrected chi connectivity index (χ3v) is 7.10. The third-order valence-electron chi connectivity index (χ3n) is 4.87. The van der Waals surface area contributed by atoms with Crippen LogP contribution < -0.4 is 5.73 Å². The molecule has 0 aromatic heterocycles. The van der Waals surface area contributed by atoms with Crippen LogP contribution in [0.2, 0.25) is 0 Å². The molecule has 0 spiro atoms. The zero-order valence-electron chi connectivity index (χ0n) is 18.4. The largest absolute Gasteiger partial charge is 0.416 e. The van der Waals surface area contributed by atoms with Crippen molar-refractivity contribution in [3.05, 3.63) is 126 Å². The van der Waals surface area contributed by atoms with E-state index in [0.29, 0.717) is 18.7 Å². The van der Waals surface area contributed by atoms with Gasteiger partial charge in [0.15, 0.2) is 14.7 Å². The van der Waals surface area contributed by atoms with Gasteiger partial charge in [-0.2, -0.15) is 26.3 Å². The van der Waals surface area contributed by atoms with Gasteiger partial charge in [0.25, 0.3) is 0 Å². The molecule has 0 heterocycles. The lowest BCUT2D eigenvalue weighted by Gasteiger charge is -2.10. The Morgan fingerprint density at radius 2 is 0.914 bits per heavy atom. The van der Waals surface area contributed by atoms with E-state index in [0.717, 1.165) is 6.07 Å². The Morgan fingerprint density at radius 1 is 0.514 bits per heavy atom. The lowest BCUT2D eigenvalue weighted by Crippen LogP contribution is -2.09. The smallest absolute Gasteiger partial charge is 0.326 e. The van der Waals surface area contributed by atoms with Crippen molar-refractivity contribution >= 4 is 10.9 Å². The van der Waals surface area contributed by atoms with E-state index in [9.17, 15) is 26.3 Å². The molecule has 0 aliphatic carbocycles. The van der Waals surface area contributed by atoms with Gasteiger partial charge in [0.05, 0.1) is 22.0 Å². The van der Waals surface area contributed by atoms with Crippen molar-refractivity contribution < 1.29 is 26.3 Å². The SMILES string of the molecule is FC(F)(F)c1cccc(C(F)(F)F)c1.NCc1ccc([S+](c2ccccc2)c2ccccc2)cc1. The number of rotatable bonds is 4. The van der Waals surface area contributed by atoms with Gasteiger partial charge < -0.3 is 5.73 Å². The predicted octanol–water partition coefficient (Wildman–Crippen LogP) is 7.96. The minimum atomic E-state index is -4.75. The second-order valence-corrected chi connectivity index (χ2v) is 9.38. The standard InChI is InChI=1S/C19H18NS.C8H4F6/c20-15-16-11-13-19(14-12-16)21(17-7-3-1-4-8-17)18-9-5-2-6-10-18;9-7(10,11)5-2-1-3-6(4-5)8(12,13)14/h1-14H,15,20H2;1-4H/q+1;. The van der Waals surface area contributed by atoms with Crippen molar-refractivity contribution in [2.24, 2.45) is 5.73 Å². The first-order valence-electron chi connectivity index (χ1n) is 10.5. The van der Waals surface area contributed by atoms with Gasteiger partial charge >= 0.3 is 12.4 Å². The van der Waals surface area contributed by atoms with E-state index in [4.69, 9.17) is 5.73 Å². The number of alkyl halides is 6. The normalized spacial score (nSPS) is 11.7. The van der Waals surface area contributed by atoms with Gasteiger partial charge in [-0.25, -0.2) is 0 Å². The maximum absolute atomic E-state index is 12.0. The van der Waals surface area contributed by atoms with Crippen molar-refractivity contribution in [3.63, 3.8) is 0 Å². The molecule has 0 saturated heterocycles. The summed E-state index contributed by atoms with van der Waals surface area (Å²) >= 11 is 0. The van der Waals surface area contributed by atoms with Gasteiger partial charge in [-0.15, -0.1) is 0 Å². The quantitative estimate of drug-likeness (QED) is 0.221. The minimum absolute atomic E-state index is 0.0657. The Morgan fingerprint density at radius 3 is 1.29 bits per heavy atom. The van der Waals surface area contributed by atoms with Crippen LogP contribution >= 0.6 is 0 Å². The Hall–Kier alpha value is -3.23. The molecule has 0 aliphatic heterocycles. The molecule has 0 saturated carbocycles. The van der Waals surface area contributed by atoms with Crippen molar-refractivity contribution in [1.82, 2.24) is 0 Å². The van der Waals surface area contributed by atoms with E-state index >= 15 is 0 Å². The summed E-state index contributed by atoms with van der Waals surface area (Å²) in [7, 11) is -0.0657. The number of benzene rings is 4. The van der Waals surface area contributed by atoms with Crippen LogP contribution in [0.3, 0.4) is 0 Å². The molecular formula is C27H22F6NS+. The van der Waals surface area contributed by atoms with Crippen LogP contribution in [0.5, 0.6) is 0 Å². The van der Waals surface area contributed by atoms with E-state index in [1.807, 2.05) is 0 Å². The highest BCUT2D eigenvalue weighted by atomic mass is 32.2. The molecule has 35 heavy (non-hydrogen) atoms. The van der Waals surface area contributed by atoms with Crippen molar-refractivity contribution in [2.45, 2.75) is 33.6 Å². The second kappa shape index (κ2) is 11.5. The molecule has 4 aromatic rings. The van der Waals surface area contributed by atoms with Crippen LogP contribution in [-0.4, -0.2) is 0 Å². The second-order valence-electron chi connectivity index (χ2n) is 7.36. The van der Waals surface area contributed by atoms with Crippen LogP contribution in [0.25, 0.3) is 0 Å². The summed E-state index contributed by atoms with van der Waals surface area (Å²) in [6, 6.07) is 32.0. The molecule has 0 unspecified atom stereocenters. The monoisotopic (exact) mass is 506 g/mol. The number of nitrogens with two attached hydrogens (primary N) is 1. The van der Waals surface area contributed by atoms with Gasteiger partial charge in [-0.05, 0) is 60.2 Å². The molecule has 0 fully saturated rings. The summed E-state index contributed by atoms with van der Waals surface area (Å²) in [5.74, 6) is 0. The van der Waals surface area contributed by atoms with Crippen molar-refractivity contribution in [1.29, 1.82) is 0 Å². The fraction of sp³-hybridized carbons (Fsp3) is 0.111. The molecule has 0 amide bonds. The summed E-state index contributed by atoms with van der Waals surface area (Å²) in [6.45, 7) is 0.588. The zero-order valence-corrected chi connectivity index (χ0v) is 19.2. The van der Waals surface area contributed by atoms with Gasteiger partial charge in [-0.1, -0.05) is 54.6 Å². The van der Waals surface area contributed by atoms with Crippen molar-refractivity contribution in [3.8, 4) is 0 Å². The number of hydrogen-bond donors (Lipinski definition) is 1. The average Bonchev–Trinajstić information content (AvgIpc) is 2.85. The Bertz CT molecular complexity index is 1120. The fourth-order valence-corrected chi connectivity index (χ4v) is 5.24. The molecule has 4 aromatic carbocycles. The molecule has 0 atom stereocenters. The van der Waals surface area contributed by atoms with Crippen LogP contribution in [0.1, 0.15) is 16.7 Å². The third kappa shape index (κ3) is 7.37. The summed E-state index contributed by atoms with van der Waals surface area (Å²) in [5.41, 5.74) is 4.27. The van der Waals surface area contributed by atoms with Crippen LogP contribution in [0, 0.1) is 0 Å². The first-order chi connectivity index (χ1) is 16.6. The maximum Gasteiger partial charge on any atom is 0.416 e. The summed E-state index contributed by atoms with van der Waals surface area (Å²) in [4.78, 5) is 4.00. The first kappa shape index (κ1) is 26.4. The lowest BCUT2D eigenvalue weighted by atomic mass is 10.1. The summed E-state index contributed by atoms with van der Waals surface area (Å²) < 4.78 is 71.9. The highest BCUT2D eigenvalue weighted by Gasteiger charge is 2.35. The Kier molecular flexibility index (Phi) is 8.64. The molecule has 0 bridgehead atoms. The average molecular weight is 507 g/mol. The number of halogens is 6. The topological polar surface area (TPSA) is 26.0 Å². The highest BCUT2D eigenvalue weighted by Crippen LogP contribution is 2.35. The van der Waals surface area contributed by atoms with Gasteiger partial charge in [0.2, 0.25) is 0 Å². The summed E-state index contributed by atoms with van der Waals surface area (Å²) in [5, 5.41) is 0. The molecule has 0 radical (unpaired) electrons. The molecular weight excluding hydrogens is 484 g/mol. The Labute approximate surface area is 202 Å². The van der Waals surface area contributed by atoms with E-state index < -0.39 is 23.5 Å². The van der Waals surface area contributed by atoms with Crippen LogP contribution in [0.4, 0.5) is 26.3 Å². The van der Waals surface area contributed by atoms with E-state index in [1.165, 1.54) is 20.2 Å². The van der Waals surface area contributed by atoms with Crippen LogP contribution in [0.15, 0.2) is 124 Å². The molecule has 0 aliphatic rings. The van der Waals surface area contributed by atoms with E-state index in [2.05, 4.69) is 84.9 Å². The van der Waals surface area contributed by atoms with Gasteiger partial charge in [-0.3, -0.25) is 0 Å². The van der Waals surface area contributed by atoms with Gasteiger partial charge in [0, 0.05) is 6.54 Å². The lowest BCUT2D eigenvalue weighted by molar-refractivity contribution is -0.143. The maximum atomic E-state index is 12.0. The first-order valence-corrected chi connectivity index (χ1v) is 11.7. The number of hydrogen-bond acceptors (Lipinski definition) is 1. The summed E-state index contributed by atoms with van der Waals surface area (Å²) in [6.07, 6.45) is -9.50. The molecule has 182 valence electrons. The van der Waals surface area contributed by atoms with Crippen molar-refractivity contribution in [2.75, 3.05) is 0 Å². The molecule has 8 heteroatoms.